The van der Waals surface area contributed by atoms with Gasteiger partial charge in [0.05, 0.1) is 5.71 Å². The second-order valence-electron chi connectivity index (χ2n) is 3.35. The molecule has 0 saturated carbocycles. The Kier molecular flexibility index (Phi) is 2.00. The van der Waals surface area contributed by atoms with Crippen molar-refractivity contribution in [1.82, 2.24) is 4.98 Å². The zero-order valence-corrected chi connectivity index (χ0v) is 7.62. The number of aryl methyl sites for hydroxylation is 2. The zero-order chi connectivity index (χ0) is 9.26. The van der Waals surface area contributed by atoms with E-state index in [0.29, 0.717) is 0 Å². The molecule has 0 fully saturated rings. The summed E-state index contributed by atoms with van der Waals surface area (Å²) in [5.74, 6) is 0. The summed E-state index contributed by atoms with van der Waals surface area (Å²) in [5.41, 5.74) is 3.88. The van der Waals surface area contributed by atoms with Crippen LogP contribution < -0.4 is 0 Å². The summed E-state index contributed by atoms with van der Waals surface area (Å²) in [6, 6.07) is 3.95. The third kappa shape index (κ3) is 1.41. The smallest absolute Gasteiger partial charge is 0.0886 e. The van der Waals surface area contributed by atoms with Crippen LogP contribution >= 0.6 is 0 Å². The Balaban J connectivity index is 2.52. The molecule has 0 amide bonds. The number of hydrogen-bond donors (Lipinski definition) is 1. The Morgan fingerprint density at radius 3 is 3.00 bits per heavy atom. The maximum absolute atomic E-state index is 8.77. The van der Waals surface area contributed by atoms with Crippen molar-refractivity contribution >= 4 is 5.71 Å². The van der Waals surface area contributed by atoms with E-state index in [1.165, 1.54) is 0 Å². The average molecular weight is 176 g/mol. The molecule has 0 saturated heterocycles. The first-order valence-corrected chi connectivity index (χ1v) is 4.49. The van der Waals surface area contributed by atoms with Gasteiger partial charge in [-0.05, 0) is 38.3 Å². The lowest BCUT2D eigenvalue weighted by atomic mass is 9.94. The van der Waals surface area contributed by atoms with Crippen LogP contribution in [0.5, 0.6) is 0 Å². The first kappa shape index (κ1) is 8.23. The van der Waals surface area contributed by atoms with Crippen LogP contribution in [-0.4, -0.2) is 15.9 Å². The number of aromatic nitrogens is 1. The number of oxime groups is 1. The first-order chi connectivity index (χ1) is 6.31. The summed E-state index contributed by atoms with van der Waals surface area (Å²) in [6.45, 7) is 1.98. The van der Waals surface area contributed by atoms with Gasteiger partial charge in [0.2, 0.25) is 0 Å². The predicted octanol–water partition coefficient (Wildman–Crippen LogP) is 1.90. The van der Waals surface area contributed by atoms with Crippen LogP contribution in [0, 0.1) is 6.92 Å². The minimum absolute atomic E-state index is 0.772. The third-order valence-electron chi connectivity index (χ3n) is 2.37. The molecule has 13 heavy (non-hydrogen) atoms. The van der Waals surface area contributed by atoms with Gasteiger partial charge in [-0.1, -0.05) is 5.16 Å². The Labute approximate surface area is 77.1 Å². The highest BCUT2D eigenvalue weighted by Gasteiger charge is 2.16. The molecule has 1 aromatic rings. The van der Waals surface area contributed by atoms with Gasteiger partial charge in [0.25, 0.3) is 0 Å². The summed E-state index contributed by atoms with van der Waals surface area (Å²) in [5, 5.41) is 12.1. The van der Waals surface area contributed by atoms with Crippen molar-refractivity contribution in [3.05, 3.63) is 29.1 Å². The molecule has 1 aliphatic carbocycles. The van der Waals surface area contributed by atoms with Crippen molar-refractivity contribution in [3.8, 4) is 0 Å². The summed E-state index contributed by atoms with van der Waals surface area (Å²) in [4.78, 5) is 4.42. The molecule has 1 N–H and O–H groups in total. The van der Waals surface area contributed by atoms with E-state index >= 15 is 0 Å². The fourth-order valence-electron chi connectivity index (χ4n) is 1.73. The van der Waals surface area contributed by atoms with Gasteiger partial charge < -0.3 is 5.21 Å². The van der Waals surface area contributed by atoms with E-state index in [4.69, 9.17) is 5.21 Å². The largest absolute Gasteiger partial charge is 0.411 e. The number of rotatable bonds is 0. The normalized spacial score (nSPS) is 18.7. The topological polar surface area (TPSA) is 45.5 Å². The van der Waals surface area contributed by atoms with Gasteiger partial charge in [-0.2, -0.15) is 0 Å². The van der Waals surface area contributed by atoms with E-state index in [1.54, 1.807) is 0 Å². The predicted molar refractivity (Wildman–Crippen MR) is 50.2 cm³/mol. The van der Waals surface area contributed by atoms with Gasteiger partial charge in [-0.3, -0.25) is 4.98 Å². The quantitative estimate of drug-likeness (QED) is 0.484. The van der Waals surface area contributed by atoms with E-state index in [-0.39, 0.29) is 0 Å². The zero-order valence-electron chi connectivity index (χ0n) is 7.62. The van der Waals surface area contributed by atoms with Gasteiger partial charge in [0.1, 0.15) is 0 Å². The van der Waals surface area contributed by atoms with Crippen molar-refractivity contribution in [2.24, 2.45) is 5.16 Å². The molecule has 2 rings (SSSR count). The third-order valence-corrected chi connectivity index (χ3v) is 2.37. The van der Waals surface area contributed by atoms with E-state index in [2.05, 4.69) is 10.1 Å². The number of nitrogens with zero attached hydrogens (tertiary/aromatic N) is 2. The van der Waals surface area contributed by atoms with Gasteiger partial charge in [0.15, 0.2) is 0 Å². The SMILES string of the molecule is Cc1ccc2c(n1)CCCC2=NO. The van der Waals surface area contributed by atoms with E-state index in [9.17, 15) is 0 Å². The van der Waals surface area contributed by atoms with Crippen molar-refractivity contribution < 1.29 is 5.21 Å². The molecule has 0 atom stereocenters. The molecular weight excluding hydrogens is 164 g/mol. The molecule has 0 radical (unpaired) electrons. The van der Waals surface area contributed by atoms with Crippen molar-refractivity contribution in [2.45, 2.75) is 26.2 Å². The molecule has 0 unspecified atom stereocenters. The average Bonchev–Trinajstić information content (AvgIpc) is 2.16. The van der Waals surface area contributed by atoms with Crippen LogP contribution in [0.3, 0.4) is 0 Å². The van der Waals surface area contributed by atoms with Crippen LogP contribution in [0.2, 0.25) is 0 Å². The molecule has 0 aliphatic heterocycles. The second kappa shape index (κ2) is 3.17. The molecule has 1 heterocycles. The highest BCUT2D eigenvalue weighted by atomic mass is 16.4. The fraction of sp³-hybridized carbons (Fsp3) is 0.400. The summed E-state index contributed by atoms with van der Waals surface area (Å²) >= 11 is 0. The highest BCUT2D eigenvalue weighted by Crippen LogP contribution is 2.20. The minimum Gasteiger partial charge on any atom is -0.411 e. The number of pyridine rings is 1. The van der Waals surface area contributed by atoms with E-state index < -0.39 is 0 Å². The molecule has 0 aromatic carbocycles. The van der Waals surface area contributed by atoms with E-state index in [0.717, 1.165) is 41.9 Å². The summed E-state index contributed by atoms with van der Waals surface area (Å²) in [7, 11) is 0. The van der Waals surface area contributed by atoms with Crippen molar-refractivity contribution in [3.63, 3.8) is 0 Å². The lowest BCUT2D eigenvalue weighted by Crippen LogP contribution is -2.13. The molecule has 3 heteroatoms. The molecule has 68 valence electrons. The van der Waals surface area contributed by atoms with Gasteiger partial charge >= 0.3 is 0 Å². The van der Waals surface area contributed by atoms with Crippen LogP contribution in [-0.2, 0) is 6.42 Å². The number of hydrogen-bond acceptors (Lipinski definition) is 3. The monoisotopic (exact) mass is 176 g/mol. The minimum atomic E-state index is 0.772. The van der Waals surface area contributed by atoms with Gasteiger partial charge in [0, 0.05) is 17.0 Å². The summed E-state index contributed by atoms with van der Waals surface area (Å²) in [6.07, 6.45) is 2.88. The highest BCUT2D eigenvalue weighted by molar-refractivity contribution is 6.01. The maximum Gasteiger partial charge on any atom is 0.0886 e. The van der Waals surface area contributed by atoms with Gasteiger partial charge in [-0.15, -0.1) is 0 Å². The Bertz CT molecular complexity index is 358. The Hall–Kier alpha value is -1.38. The first-order valence-electron chi connectivity index (χ1n) is 4.49. The standard InChI is InChI=1S/C10H12N2O/c1-7-5-6-8-9(11-7)3-2-4-10(8)12-13/h5-6,13H,2-4H2,1H3. The van der Waals surface area contributed by atoms with E-state index in [1.807, 2.05) is 19.1 Å². The molecule has 0 spiro atoms. The molecular formula is C10H12N2O. The maximum atomic E-state index is 8.77. The Morgan fingerprint density at radius 1 is 1.38 bits per heavy atom. The fourth-order valence-corrected chi connectivity index (χ4v) is 1.73. The van der Waals surface area contributed by atoms with Crippen molar-refractivity contribution in [2.75, 3.05) is 0 Å². The van der Waals surface area contributed by atoms with Crippen LogP contribution in [0.4, 0.5) is 0 Å². The number of fused-ring (bicyclic) bond motifs is 1. The van der Waals surface area contributed by atoms with Crippen molar-refractivity contribution in [1.29, 1.82) is 0 Å². The Morgan fingerprint density at radius 2 is 2.23 bits per heavy atom. The van der Waals surface area contributed by atoms with Crippen LogP contribution in [0.25, 0.3) is 0 Å². The molecule has 1 aliphatic rings. The summed E-state index contributed by atoms with van der Waals surface area (Å²) < 4.78 is 0. The molecule has 1 aromatic heterocycles. The molecule has 3 nitrogen and oxygen atoms in total. The lowest BCUT2D eigenvalue weighted by Gasteiger charge is -2.15. The second-order valence-corrected chi connectivity index (χ2v) is 3.35. The van der Waals surface area contributed by atoms with Crippen LogP contribution in [0.1, 0.15) is 29.8 Å². The van der Waals surface area contributed by atoms with Crippen LogP contribution in [0.15, 0.2) is 17.3 Å². The lowest BCUT2D eigenvalue weighted by molar-refractivity contribution is 0.317. The van der Waals surface area contributed by atoms with Gasteiger partial charge in [-0.25, -0.2) is 0 Å². The molecule has 0 bridgehead atoms.